The van der Waals surface area contributed by atoms with Gasteiger partial charge in [-0.15, -0.1) is 0 Å². The maximum Gasteiger partial charge on any atom is 0.264 e. The first kappa shape index (κ1) is 38.8. The summed E-state index contributed by atoms with van der Waals surface area (Å²) in [7, 11) is -4.88. The zero-order chi connectivity index (χ0) is 36.3. The molecule has 1 aliphatic carbocycles. The van der Waals surface area contributed by atoms with E-state index in [0.717, 1.165) is 36.8 Å². The van der Waals surface area contributed by atoms with Crippen molar-refractivity contribution in [1.29, 1.82) is 0 Å². The van der Waals surface area contributed by atoms with Crippen LogP contribution in [0, 0.1) is 17.8 Å². The zero-order valence-corrected chi connectivity index (χ0v) is 32.0. The molecule has 2 aromatic carbocycles. The number of sulfonamides is 2. The molecule has 2 aromatic rings. The van der Waals surface area contributed by atoms with E-state index in [9.17, 15) is 26.7 Å². The van der Waals surface area contributed by atoms with Crippen LogP contribution in [0.1, 0.15) is 80.3 Å². The number of methoxy groups -OCH3 is 1. The molecule has 1 fully saturated rings. The van der Waals surface area contributed by atoms with Crippen LogP contribution in [0.2, 0.25) is 5.02 Å². The summed E-state index contributed by atoms with van der Waals surface area (Å²) in [5.74, 6) is -1.25. The van der Waals surface area contributed by atoms with Crippen LogP contribution in [0.5, 0.6) is 5.75 Å². The van der Waals surface area contributed by atoms with Gasteiger partial charge in [0.2, 0.25) is 20.0 Å². The Labute approximate surface area is 302 Å². The Morgan fingerprint density at radius 3 is 2.60 bits per heavy atom. The van der Waals surface area contributed by atoms with Crippen LogP contribution in [0.4, 0.5) is 5.69 Å². The van der Waals surface area contributed by atoms with Gasteiger partial charge in [0.25, 0.3) is 5.91 Å². The molecule has 11 nitrogen and oxygen atoms in total. The van der Waals surface area contributed by atoms with Gasteiger partial charge in [-0.25, -0.2) is 25.9 Å². The van der Waals surface area contributed by atoms with Gasteiger partial charge in [0, 0.05) is 44.4 Å². The van der Waals surface area contributed by atoms with E-state index in [0.29, 0.717) is 48.8 Å². The second kappa shape index (κ2) is 16.1. The highest BCUT2D eigenvalue weighted by Gasteiger charge is 2.49. The van der Waals surface area contributed by atoms with Crippen molar-refractivity contribution in [2.45, 2.75) is 82.7 Å². The molecule has 2 aliphatic heterocycles. The highest BCUT2D eigenvalue weighted by atomic mass is 35.5. The van der Waals surface area contributed by atoms with Gasteiger partial charge in [0.15, 0.2) is 0 Å². The highest BCUT2D eigenvalue weighted by molar-refractivity contribution is 7.90. The van der Waals surface area contributed by atoms with Crippen LogP contribution in [0.15, 0.2) is 36.4 Å². The Morgan fingerprint density at radius 2 is 1.88 bits per heavy atom. The lowest BCUT2D eigenvalue weighted by Gasteiger charge is -2.49. The van der Waals surface area contributed by atoms with Crippen molar-refractivity contribution in [1.82, 2.24) is 9.03 Å². The predicted molar refractivity (Wildman–Crippen MR) is 196 cm³/mol. The lowest BCUT2D eigenvalue weighted by molar-refractivity contribution is -0.0723. The van der Waals surface area contributed by atoms with Gasteiger partial charge < -0.3 is 19.5 Å². The van der Waals surface area contributed by atoms with E-state index in [1.807, 2.05) is 18.2 Å². The van der Waals surface area contributed by atoms with Crippen molar-refractivity contribution < 1.29 is 36.2 Å². The van der Waals surface area contributed by atoms with Crippen molar-refractivity contribution in [2.24, 2.45) is 17.8 Å². The zero-order valence-electron chi connectivity index (χ0n) is 29.6. The molecule has 2 N–H and O–H groups in total. The van der Waals surface area contributed by atoms with Crippen LogP contribution in [-0.4, -0.2) is 89.2 Å². The highest BCUT2D eigenvalue weighted by Crippen LogP contribution is 2.47. The molecule has 3 aliphatic rings. The number of ether oxygens (including phenoxy) is 2. The number of hydrogen-bond acceptors (Lipinski definition) is 9. The molecule has 14 heteroatoms. The molecule has 5 atom stereocenters. The number of amides is 1. The molecule has 50 heavy (non-hydrogen) atoms. The first-order valence-electron chi connectivity index (χ1n) is 17.6. The molecule has 0 aromatic heterocycles. The minimum Gasteiger partial charge on any atom is -0.487 e. The molecular formula is C36H52ClN3O8S2. The quantitative estimate of drug-likeness (QED) is 0.417. The van der Waals surface area contributed by atoms with Crippen molar-refractivity contribution in [2.75, 3.05) is 51.1 Å². The number of carbonyl (C=O) groups is 1. The van der Waals surface area contributed by atoms with Crippen molar-refractivity contribution in [3.05, 3.63) is 58.1 Å². The second-order valence-corrected chi connectivity index (χ2v) is 19.0. The number of likely N-dealkylation sites (N-methyl/N-ethyl adjacent to an activating group) is 1. The van der Waals surface area contributed by atoms with E-state index in [1.165, 1.54) is 18.5 Å². The maximum atomic E-state index is 13.6. The summed E-state index contributed by atoms with van der Waals surface area (Å²) in [5.41, 5.74) is 1.46. The van der Waals surface area contributed by atoms with Gasteiger partial charge in [-0.2, -0.15) is 0 Å². The lowest BCUT2D eigenvalue weighted by atomic mass is 9.63. The molecule has 2 heterocycles. The summed E-state index contributed by atoms with van der Waals surface area (Å²) in [6.45, 7) is 5.19. The number of hydrogen-bond donors (Lipinski definition) is 2. The molecule has 1 saturated carbocycles. The normalized spacial score (nSPS) is 27.9. The number of nitrogens with zero attached hydrogens (tertiary/aromatic N) is 2. The van der Waals surface area contributed by atoms with Gasteiger partial charge in [-0.3, -0.25) is 4.79 Å². The van der Waals surface area contributed by atoms with Crippen molar-refractivity contribution >= 4 is 43.2 Å². The first-order valence-corrected chi connectivity index (χ1v) is 21.2. The van der Waals surface area contributed by atoms with Gasteiger partial charge in [-0.05, 0) is 111 Å². The van der Waals surface area contributed by atoms with Crippen LogP contribution in [0.3, 0.4) is 0 Å². The SMILES string of the molecule is COCCN(C)S(=O)(=O)C[C@@]1(O)CCC[C@H](C)[C@@H](C)S(=O)(=O)NC(=O)c2ccc3c(c2)N(CCCCc2cc(Cl)ccc2CO3)C[C@@H]2CC[C@H]21. The monoisotopic (exact) mass is 753 g/mol. The molecule has 5 rings (SSSR count). The molecule has 2 bridgehead atoms. The summed E-state index contributed by atoms with van der Waals surface area (Å²) in [5, 5.41) is 12.2. The summed E-state index contributed by atoms with van der Waals surface area (Å²) in [4.78, 5) is 15.7. The van der Waals surface area contributed by atoms with E-state index in [4.69, 9.17) is 21.1 Å². The number of fused-ring (bicyclic) bond motifs is 3. The van der Waals surface area contributed by atoms with Crippen LogP contribution >= 0.6 is 11.6 Å². The van der Waals surface area contributed by atoms with Crippen molar-refractivity contribution in [3.8, 4) is 5.75 Å². The largest absolute Gasteiger partial charge is 0.487 e. The fraction of sp³-hybridized carbons (Fsp3) is 0.639. The number of aliphatic hydroxyl groups is 1. The molecule has 0 radical (unpaired) electrons. The van der Waals surface area contributed by atoms with E-state index >= 15 is 0 Å². The average Bonchev–Trinajstić information content (AvgIpc) is 3.07. The standard InChI is InChI=1S/C36H52ClN3O8S2/c1-25-8-7-16-36(42,24-49(43,44)39(3)18-19-47-4)32-14-11-29(32)22-40-17-6-5-9-27-20-31(37)13-10-30(27)23-48-34-15-12-28(21-33(34)40)35(41)38-50(45,46)26(25)2/h10,12-13,15,20-21,25-26,29,32,42H,5-9,11,14,16-19,22-24H2,1-4H3,(H,38,41)/t25-,26+,29-,32+,36-/m0/s1. The topological polar surface area (TPSA) is 143 Å². The Balaban J connectivity index is 1.55. The van der Waals surface area contributed by atoms with E-state index < -0.39 is 42.6 Å². The number of carbonyl (C=O) groups excluding carboxylic acids is 1. The van der Waals surface area contributed by atoms with Crippen LogP contribution in [0.25, 0.3) is 0 Å². The van der Waals surface area contributed by atoms with E-state index in [-0.39, 0.29) is 49.5 Å². The molecule has 278 valence electrons. The third kappa shape index (κ3) is 8.95. The van der Waals surface area contributed by atoms with Crippen LogP contribution < -0.4 is 14.4 Å². The van der Waals surface area contributed by atoms with E-state index in [2.05, 4.69) is 9.62 Å². The third-order valence-corrected chi connectivity index (χ3v) is 15.3. The number of aryl methyl sites for hydroxylation is 1. The number of nitrogens with one attached hydrogen (secondary N) is 1. The van der Waals surface area contributed by atoms with Gasteiger partial charge in [0.1, 0.15) is 12.4 Å². The average molecular weight is 754 g/mol. The molecular weight excluding hydrogens is 702 g/mol. The third-order valence-electron chi connectivity index (χ3n) is 11.1. The number of anilines is 1. The van der Waals surface area contributed by atoms with Crippen molar-refractivity contribution in [3.63, 3.8) is 0 Å². The maximum absolute atomic E-state index is 13.6. The van der Waals surface area contributed by atoms with Gasteiger partial charge in [0.05, 0.1) is 28.9 Å². The number of rotatable bonds is 6. The van der Waals surface area contributed by atoms with Gasteiger partial charge >= 0.3 is 0 Å². The minimum absolute atomic E-state index is 0.0180. The van der Waals surface area contributed by atoms with Gasteiger partial charge in [-0.1, -0.05) is 31.0 Å². The minimum atomic E-state index is -4.05. The second-order valence-electron chi connectivity index (χ2n) is 14.5. The first-order chi connectivity index (χ1) is 23.6. The fourth-order valence-corrected chi connectivity index (χ4v) is 10.6. The number of halogens is 1. The Kier molecular flexibility index (Phi) is 12.5. The number of benzene rings is 2. The summed E-state index contributed by atoms with van der Waals surface area (Å²) in [6, 6.07) is 10.8. The van der Waals surface area contributed by atoms with Crippen LogP contribution in [-0.2, 0) is 37.8 Å². The Morgan fingerprint density at radius 1 is 1.10 bits per heavy atom. The Hall–Kier alpha value is -2.42. The Bertz CT molecular complexity index is 1740. The molecule has 0 unspecified atom stereocenters. The molecule has 1 amide bonds. The summed E-state index contributed by atoms with van der Waals surface area (Å²) >= 11 is 6.34. The fourth-order valence-electron chi connectivity index (χ4n) is 7.56. The lowest BCUT2D eigenvalue weighted by Crippen LogP contribution is -2.55. The predicted octanol–water partition coefficient (Wildman–Crippen LogP) is 5.00. The summed E-state index contributed by atoms with van der Waals surface area (Å²) < 4.78 is 69.2. The smallest absolute Gasteiger partial charge is 0.264 e. The molecule has 0 saturated heterocycles. The summed E-state index contributed by atoms with van der Waals surface area (Å²) in [6.07, 6.45) is 5.06. The van der Waals surface area contributed by atoms with E-state index in [1.54, 1.807) is 32.0 Å². The molecule has 0 spiro atoms.